The molecule has 0 saturated heterocycles. The molecule has 0 aromatic heterocycles. The summed E-state index contributed by atoms with van der Waals surface area (Å²) in [5.74, 6) is 2.83. The van der Waals surface area contributed by atoms with Gasteiger partial charge in [0.25, 0.3) is 0 Å². The fourth-order valence-electron chi connectivity index (χ4n) is 0. The first-order valence-corrected chi connectivity index (χ1v) is 4.79. The predicted octanol–water partition coefficient (Wildman–Crippen LogP) is 4.48. The van der Waals surface area contributed by atoms with Crippen LogP contribution in [0.2, 0.25) is 0 Å². The molecule has 0 saturated carbocycles. The molecule has 2 nitrogen and oxygen atoms in total. The second-order valence-electron chi connectivity index (χ2n) is 3.89. The molecule has 0 bridgehead atoms. The summed E-state index contributed by atoms with van der Waals surface area (Å²) in [6, 6.07) is 0. The van der Waals surface area contributed by atoms with Gasteiger partial charge in [-0.15, -0.1) is 0 Å². The molecule has 0 radical (unpaired) electrons. The standard InChI is InChI=1S/2C4H9.2C2H6N.Mo/c2*1-4(2)3;2*1-3-2;/h2*1-3H3;2*1-2H3;/q4*-1;+4. The van der Waals surface area contributed by atoms with Crippen LogP contribution in [0.4, 0.5) is 0 Å². The van der Waals surface area contributed by atoms with Crippen LogP contribution in [0.25, 0.3) is 10.6 Å². The summed E-state index contributed by atoms with van der Waals surface area (Å²) in [6.07, 6.45) is 0. The normalized spacial score (nSPS) is 7.20. The third-order valence-corrected chi connectivity index (χ3v) is 0. The smallest absolute Gasteiger partial charge is 0.668 e. The largest absolute Gasteiger partial charge is 4.00 e. The van der Waals surface area contributed by atoms with Gasteiger partial charge >= 0.3 is 21.1 Å². The Labute approximate surface area is 113 Å². The van der Waals surface area contributed by atoms with E-state index >= 15 is 0 Å². The fourth-order valence-corrected chi connectivity index (χ4v) is 0. The molecular formula is C12H30MoN2. The zero-order valence-corrected chi connectivity index (χ0v) is 14.3. The van der Waals surface area contributed by atoms with Crippen molar-refractivity contribution in [3.63, 3.8) is 0 Å². The molecule has 0 aliphatic heterocycles. The third-order valence-electron chi connectivity index (χ3n) is 0. The van der Waals surface area contributed by atoms with Crippen LogP contribution in [0.3, 0.4) is 0 Å². The van der Waals surface area contributed by atoms with Gasteiger partial charge in [-0.1, -0.05) is 0 Å². The van der Waals surface area contributed by atoms with Crippen LogP contribution in [-0.4, -0.2) is 28.2 Å². The monoisotopic (exact) mass is 300 g/mol. The molecular weight excluding hydrogens is 268 g/mol. The first kappa shape index (κ1) is 29.6. The molecule has 0 atom stereocenters. The first-order valence-electron chi connectivity index (χ1n) is 4.79. The van der Waals surface area contributed by atoms with Crippen molar-refractivity contribution in [3.8, 4) is 0 Å². The SMILES string of the molecule is C[C-](C)C.C[C-](C)C.C[N-]C.C[N-]C.[Mo+4]. The topological polar surface area (TPSA) is 28.2 Å². The fraction of sp³-hybridized carbons (Fsp3) is 0.833. The molecule has 0 unspecified atom stereocenters. The van der Waals surface area contributed by atoms with Crippen LogP contribution in [0.5, 0.6) is 0 Å². The quantitative estimate of drug-likeness (QED) is 0.466. The van der Waals surface area contributed by atoms with E-state index in [-0.39, 0.29) is 21.1 Å². The van der Waals surface area contributed by atoms with Gasteiger partial charge in [-0.3, -0.25) is 0 Å². The van der Waals surface area contributed by atoms with Crippen LogP contribution in [-0.2, 0) is 21.1 Å². The van der Waals surface area contributed by atoms with Crippen molar-refractivity contribution in [2.75, 3.05) is 28.2 Å². The molecule has 15 heavy (non-hydrogen) atoms. The average molecular weight is 298 g/mol. The summed E-state index contributed by atoms with van der Waals surface area (Å²) in [5, 5.41) is 7.00. The molecule has 0 aromatic rings. The van der Waals surface area contributed by atoms with E-state index in [9.17, 15) is 0 Å². The summed E-state index contributed by atoms with van der Waals surface area (Å²) in [4.78, 5) is 0. The van der Waals surface area contributed by atoms with Crippen molar-refractivity contribution in [1.29, 1.82) is 0 Å². The number of rotatable bonds is 0. The van der Waals surface area contributed by atoms with Gasteiger partial charge in [0.1, 0.15) is 0 Å². The minimum Gasteiger partial charge on any atom is -0.668 e. The number of nitrogens with zero attached hydrogens (tertiary/aromatic N) is 2. The maximum absolute atomic E-state index is 3.50. The molecule has 0 aliphatic carbocycles. The molecule has 0 spiro atoms. The zero-order valence-electron chi connectivity index (χ0n) is 12.3. The van der Waals surface area contributed by atoms with Gasteiger partial charge in [-0.2, -0.15) is 69.7 Å². The maximum atomic E-state index is 3.50. The molecule has 0 amide bonds. The van der Waals surface area contributed by atoms with Gasteiger partial charge in [0.2, 0.25) is 0 Å². The van der Waals surface area contributed by atoms with E-state index in [4.69, 9.17) is 0 Å². The Morgan fingerprint density at radius 1 is 0.533 bits per heavy atom. The number of hydrogen-bond donors (Lipinski definition) is 0. The van der Waals surface area contributed by atoms with Crippen LogP contribution in [0, 0.1) is 11.8 Å². The van der Waals surface area contributed by atoms with Crippen molar-refractivity contribution in [2.24, 2.45) is 0 Å². The van der Waals surface area contributed by atoms with Crippen LogP contribution >= 0.6 is 0 Å². The molecule has 0 fully saturated rings. The molecule has 0 aromatic carbocycles. The second kappa shape index (κ2) is 36.5. The zero-order chi connectivity index (χ0) is 12.6. The summed E-state index contributed by atoms with van der Waals surface area (Å²) in [5.41, 5.74) is 0. The second-order valence-corrected chi connectivity index (χ2v) is 3.89. The van der Waals surface area contributed by atoms with Crippen molar-refractivity contribution in [2.45, 2.75) is 41.5 Å². The predicted molar refractivity (Wildman–Crippen MR) is 70.9 cm³/mol. The average Bonchev–Trinajstić information content (AvgIpc) is 1.85. The van der Waals surface area contributed by atoms with E-state index in [0.717, 1.165) is 0 Å². The van der Waals surface area contributed by atoms with Gasteiger partial charge in [0.15, 0.2) is 0 Å². The molecule has 0 aliphatic rings. The third kappa shape index (κ3) is 6280. The summed E-state index contributed by atoms with van der Waals surface area (Å²) in [7, 11) is 7.00. The molecule has 0 rings (SSSR count). The van der Waals surface area contributed by atoms with E-state index in [0.29, 0.717) is 0 Å². The van der Waals surface area contributed by atoms with E-state index in [1.807, 2.05) is 0 Å². The Balaban J connectivity index is -0.0000000293. The van der Waals surface area contributed by atoms with Gasteiger partial charge in [-0.05, 0) is 0 Å². The Kier molecular flexibility index (Phi) is 72.0. The first-order chi connectivity index (χ1) is 6.29. The van der Waals surface area contributed by atoms with Gasteiger partial charge in [0.05, 0.1) is 0 Å². The summed E-state index contributed by atoms with van der Waals surface area (Å²) < 4.78 is 0. The Hall–Kier alpha value is 0.608. The van der Waals surface area contributed by atoms with Crippen molar-refractivity contribution >= 4 is 0 Å². The van der Waals surface area contributed by atoms with Crippen molar-refractivity contribution < 1.29 is 21.1 Å². The Morgan fingerprint density at radius 3 is 0.533 bits per heavy atom. The summed E-state index contributed by atoms with van der Waals surface area (Å²) >= 11 is 0. The van der Waals surface area contributed by atoms with Crippen LogP contribution in [0.15, 0.2) is 0 Å². The Morgan fingerprint density at radius 2 is 0.533 bits per heavy atom. The Bertz CT molecular complexity index is 44.1. The number of hydrogen-bond acceptors (Lipinski definition) is 0. The van der Waals surface area contributed by atoms with Gasteiger partial charge in [0, 0.05) is 0 Å². The van der Waals surface area contributed by atoms with E-state index in [2.05, 4.69) is 52.2 Å². The minimum absolute atomic E-state index is 0. The van der Waals surface area contributed by atoms with E-state index < -0.39 is 0 Å². The molecule has 0 heterocycles. The molecule has 94 valence electrons. The van der Waals surface area contributed by atoms with Crippen molar-refractivity contribution in [1.82, 2.24) is 0 Å². The van der Waals surface area contributed by atoms with E-state index in [1.54, 1.807) is 28.2 Å². The minimum atomic E-state index is 0. The summed E-state index contributed by atoms with van der Waals surface area (Å²) in [6.45, 7) is 12.5. The van der Waals surface area contributed by atoms with Gasteiger partial charge in [-0.25, -0.2) is 0 Å². The molecule has 3 heteroatoms. The van der Waals surface area contributed by atoms with Crippen LogP contribution < -0.4 is 0 Å². The maximum Gasteiger partial charge on any atom is 4.00 e. The molecule has 0 N–H and O–H groups in total. The van der Waals surface area contributed by atoms with Gasteiger partial charge < -0.3 is 22.5 Å². The van der Waals surface area contributed by atoms with Crippen LogP contribution in [0.1, 0.15) is 41.5 Å². The van der Waals surface area contributed by atoms with E-state index in [1.165, 1.54) is 11.8 Å². The van der Waals surface area contributed by atoms with Crippen molar-refractivity contribution in [3.05, 3.63) is 22.5 Å².